The van der Waals surface area contributed by atoms with Gasteiger partial charge in [0, 0.05) is 31.9 Å². The molecule has 1 amide bonds. The lowest BCUT2D eigenvalue weighted by Gasteiger charge is -2.42. The van der Waals surface area contributed by atoms with E-state index in [1.165, 1.54) is 6.07 Å². The van der Waals surface area contributed by atoms with Gasteiger partial charge in [-0.05, 0) is 63.8 Å². The number of piperidine rings is 1. The first-order valence-electron chi connectivity index (χ1n) is 8.55. The average Bonchev–Trinajstić information content (AvgIpc) is 2.44. The van der Waals surface area contributed by atoms with Crippen molar-refractivity contribution in [3.8, 4) is 0 Å². The Morgan fingerprint density at radius 1 is 1.38 bits per heavy atom. The average molecular weight is 336 g/mol. The maximum atomic E-state index is 13.3. The Hall–Kier alpha value is -1.78. The quantitative estimate of drug-likeness (QED) is 0.811. The molecule has 0 N–H and O–H groups in total. The third kappa shape index (κ3) is 4.40. The van der Waals surface area contributed by atoms with E-state index in [0.29, 0.717) is 25.0 Å². The third-order valence-electron chi connectivity index (χ3n) is 4.55. The van der Waals surface area contributed by atoms with Gasteiger partial charge >= 0.3 is 6.09 Å². The highest BCUT2D eigenvalue weighted by atomic mass is 19.1. The van der Waals surface area contributed by atoms with Gasteiger partial charge in [-0.15, -0.1) is 0 Å². The Labute approximate surface area is 144 Å². The second-order valence-electron chi connectivity index (χ2n) is 7.80. The monoisotopic (exact) mass is 336 g/mol. The van der Waals surface area contributed by atoms with Gasteiger partial charge < -0.3 is 14.5 Å². The summed E-state index contributed by atoms with van der Waals surface area (Å²) in [5.41, 5.74) is 1.50. The van der Waals surface area contributed by atoms with Crippen molar-refractivity contribution in [3.63, 3.8) is 0 Å². The molecule has 0 spiro atoms. The summed E-state index contributed by atoms with van der Waals surface area (Å²) in [5, 5.41) is 0. The molecular formula is C19H29FN2O2. The summed E-state index contributed by atoms with van der Waals surface area (Å²) in [6.07, 6.45) is 0.627. The Balaban J connectivity index is 2.04. The molecule has 1 heterocycles. The number of hydrogen-bond donors (Lipinski definition) is 0. The van der Waals surface area contributed by atoms with E-state index in [4.69, 9.17) is 4.74 Å². The van der Waals surface area contributed by atoms with Crippen LogP contribution in [-0.4, -0.2) is 42.8 Å². The highest BCUT2D eigenvalue weighted by Gasteiger charge is 2.33. The normalized spacial score (nSPS) is 21.5. The Bertz CT molecular complexity index is 598. The number of likely N-dealkylation sites (tertiary alicyclic amines) is 1. The fraction of sp³-hybridized carbons (Fsp3) is 0.632. The number of amides is 1. The summed E-state index contributed by atoms with van der Waals surface area (Å²) in [7, 11) is 2.05. The molecular weight excluding hydrogens is 307 g/mol. The van der Waals surface area contributed by atoms with E-state index >= 15 is 0 Å². The van der Waals surface area contributed by atoms with E-state index in [-0.39, 0.29) is 11.9 Å². The maximum absolute atomic E-state index is 13.3. The maximum Gasteiger partial charge on any atom is 0.410 e. The molecule has 2 atom stereocenters. The highest BCUT2D eigenvalue weighted by Crippen LogP contribution is 2.29. The van der Waals surface area contributed by atoms with E-state index in [2.05, 4.69) is 11.8 Å². The Kier molecular flexibility index (Phi) is 5.41. The molecule has 1 aromatic rings. The van der Waals surface area contributed by atoms with Crippen molar-refractivity contribution >= 4 is 11.8 Å². The zero-order chi connectivity index (χ0) is 18.1. The second kappa shape index (κ2) is 6.99. The molecule has 2 rings (SSSR count). The zero-order valence-electron chi connectivity index (χ0n) is 15.6. The fourth-order valence-electron chi connectivity index (χ4n) is 3.39. The summed E-state index contributed by atoms with van der Waals surface area (Å²) >= 11 is 0. The molecule has 0 radical (unpaired) electrons. The molecule has 1 fully saturated rings. The van der Waals surface area contributed by atoms with E-state index in [0.717, 1.165) is 17.7 Å². The molecule has 0 aromatic heterocycles. The second-order valence-corrected chi connectivity index (χ2v) is 7.80. The van der Waals surface area contributed by atoms with Gasteiger partial charge in [0.2, 0.25) is 0 Å². The lowest BCUT2D eigenvalue weighted by molar-refractivity contribution is 0.0156. The topological polar surface area (TPSA) is 32.8 Å². The summed E-state index contributed by atoms with van der Waals surface area (Å²) in [4.78, 5) is 16.2. The van der Waals surface area contributed by atoms with Gasteiger partial charge in [0.15, 0.2) is 0 Å². The predicted molar refractivity (Wildman–Crippen MR) is 94.9 cm³/mol. The standard InChI is InChI=1S/C19H29FN2O2/c1-13-11-15(20)7-8-16(13)21(6)17-9-10-22(12-14(17)2)18(23)24-19(3,4)5/h7-8,11,14,17H,9-10,12H2,1-6H3/t14-,17+/m0/s1. The number of hydrogen-bond acceptors (Lipinski definition) is 3. The van der Waals surface area contributed by atoms with Crippen LogP contribution >= 0.6 is 0 Å². The molecule has 1 aromatic carbocycles. The van der Waals surface area contributed by atoms with Crippen LogP contribution in [0.2, 0.25) is 0 Å². The number of benzene rings is 1. The largest absolute Gasteiger partial charge is 0.444 e. The first-order valence-corrected chi connectivity index (χ1v) is 8.55. The minimum absolute atomic E-state index is 0.211. The first-order chi connectivity index (χ1) is 11.1. The summed E-state index contributed by atoms with van der Waals surface area (Å²) < 4.78 is 18.8. The molecule has 1 aliphatic rings. The van der Waals surface area contributed by atoms with Crippen molar-refractivity contribution < 1.29 is 13.9 Å². The smallest absolute Gasteiger partial charge is 0.410 e. The third-order valence-corrected chi connectivity index (χ3v) is 4.55. The zero-order valence-corrected chi connectivity index (χ0v) is 15.6. The van der Waals surface area contributed by atoms with Gasteiger partial charge in [-0.1, -0.05) is 6.92 Å². The molecule has 0 aliphatic carbocycles. The summed E-state index contributed by atoms with van der Waals surface area (Å²) in [5.74, 6) is 0.0955. The summed E-state index contributed by atoms with van der Waals surface area (Å²) in [6.45, 7) is 11.1. The molecule has 4 nitrogen and oxygen atoms in total. The number of carbonyl (C=O) groups excluding carboxylic acids is 1. The minimum Gasteiger partial charge on any atom is -0.444 e. The Morgan fingerprint density at radius 3 is 2.58 bits per heavy atom. The number of halogens is 1. The van der Waals surface area contributed by atoms with Crippen molar-refractivity contribution in [2.24, 2.45) is 5.92 Å². The van der Waals surface area contributed by atoms with Crippen molar-refractivity contribution in [2.75, 3.05) is 25.0 Å². The summed E-state index contributed by atoms with van der Waals surface area (Å²) in [6, 6.07) is 5.20. The molecule has 5 heteroatoms. The molecule has 1 saturated heterocycles. The van der Waals surface area contributed by atoms with E-state index in [1.807, 2.05) is 40.8 Å². The first kappa shape index (κ1) is 18.6. The van der Waals surface area contributed by atoms with Gasteiger partial charge in [-0.25, -0.2) is 9.18 Å². The van der Waals surface area contributed by atoms with Gasteiger partial charge in [0.05, 0.1) is 0 Å². The van der Waals surface area contributed by atoms with Crippen molar-refractivity contribution in [1.29, 1.82) is 0 Å². The predicted octanol–water partition coefficient (Wildman–Crippen LogP) is 4.22. The molecule has 134 valence electrons. The number of rotatable bonds is 2. The van der Waals surface area contributed by atoms with Crippen LogP contribution < -0.4 is 4.90 Å². The van der Waals surface area contributed by atoms with Crippen molar-refractivity contribution in [3.05, 3.63) is 29.6 Å². The van der Waals surface area contributed by atoms with Crippen molar-refractivity contribution in [2.45, 2.75) is 52.7 Å². The lowest BCUT2D eigenvalue weighted by atomic mass is 9.92. The number of carbonyl (C=O) groups is 1. The molecule has 0 bridgehead atoms. The molecule has 1 aliphatic heterocycles. The van der Waals surface area contributed by atoms with Gasteiger partial charge in [0.1, 0.15) is 11.4 Å². The van der Waals surface area contributed by atoms with E-state index in [1.54, 1.807) is 11.0 Å². The van der Waals surface area contributed by atoms with Crippen LogP contribution in [0.25, 0.3) is 0 Å². The SMILES string of the molecule is Cc1cc(F)ccc1N(C)[C@@H]1CCN(C(=O)OC(C)(C)C)C[C@@H]1C. The lowest BCUT2D eigenvalue weighted by Crippen LogP contribution is -2.51. The van der Waals surface area contributed by atoms with Crippen LogP contribution in [0.4, 0.5) is 14.9 Å². The van der Waals surface area contributed by atoms with E-state index in [9.17, 15) is 9.18 Å². The highest BCUT2D eigenvalue weighted by molar-refractivity contribution is 5.68. The number of anilines is 1. The van der Waals surface area contributed by atoms with E-state index < -0.39 is 5.60 Å². The number of nitrogens with zero attached hydrogens (tertiary/aromatic N) is 2. The van der Waals surface area contributed by atoms with Crippen LogP contribution in [0.15, 0.2) is 18.2 Å². The minimum atomic E-state index is -0.473. The van der Waals surface area contributed by atoms with Crippen LogP contribution in [0, 0.1) is 18.7 Å². The van der Waals surface area contributed by atoms with Crippen LogP contribution in [0.5, 0.6) is 0 Å². The fourth-order valence-corrected chi connectivity index (χ4v) is 3.39. The van der Waals surface area contributed by atoms with Gasteiger partial charge in [0.25, 0.3) is 0 Å². The van der Waals surface area contributed by atoms with Gasteiger partial charge in [-0.3, -0.25) is 0 Å². The van der Waals surface area contributed by atoms with Gasteiger partial charge in [-0.2, -0.15) is 0 Å². The molecule has 0 saturated carbocycles. The number of ether oxygens (including phenoxy) is 1. The molecule has 0 unspecified atom stereocenters. The molecule has 24 heavy (non-hydrogen) atoms. The van der Waals surface area contributed by atoms with Crippen LogP contribution in [-0.2, 0) is 4.74 Å². The van der Waals surface area contributed by atoms with Crippen LogP contribution in [0.3, 0.4) is 0 Å². The van der Waals surface area contributed by atoms with Crippen LogP contribution in [0.1, 0.15) is 39.7 Å². The number of aryl methyl sites for hydroxylation is 1. The van der Waals surface area contributed by atoms with Crippen molar-refractivity contribution in [1.82, 2.24) is 4.90 Å². The Morgan fingerprint density at radius 2 is 2.04 bits per heavy atom.